The molecule has 2 aliphatic heterocycles. The lowest BCUT2D eigenvalue weighted by atomic mass is 10.0. The predicted octanol–water partition coefficient (Wildman–Crippen LogP) is 3.19. The molecule has 0 radical (unpaired) electrons. The van der Waals surface area contributed by atoms with Crippen molar-refractivity contribution in [2.45, 2.75) is 32.1 Å². The highest BCUT2D eigenvalue weighted by molar-refractivity contribution is 5.92. The van der Waals surface area contributed by atoms with Crippen molar-refractivity contribution in [1.29, 1.82) is 0 Å². The molecule has 0 saturated carbocycles. The van der Waals surface area contributed by atoms with Gasteiger partial charge in [-0.1, -0.05) is 18.2 Å². The summed E-state index contributed by atoms with van der Waals surface area (Å²) in [4.78, 5) is 16.6. The number of aryl methyl sites for hydroxylation is 1. The fraction of sp³-hybridized carbons (Fsp3) is 0.421. The van der Waals surface area contributed by atoms with E-state index in [9.17, 15) is 4.79 Å². The molecule has 1 saturated heterocycles. The quantitative estimate of drug-likeness (QED) is 0.852. The molecule has 0 spiro atoms. The predicted molar refractivity (Wildman–Crippen MR) is 93.6 cm³/mol. The first kappa shape index (κ1) is 15.1. The SMILES string of the molecule is O=C(c1ccc(N2CCCc3ccccc32)nn1)N1CCCCC1. The minimum absolute atomic E-state index is 0.00722. The largest absolute Gasteiger partial charge is 0.337 e. The minimum atomic E-state index is 0.00722. The standard InChI is InChI=1S/C19H22N4O/c24-19(22-12-4-1-5-13-22)16-10-11-18(21-20-16)23-14-6-8-15-7-2-3-9-17(15)23/h2-3,7,9-11H,1,4-6,8,12-14H2. The fourth-order valence-electron chi connectivity index (χ4n) is 3.61. The number of nitrogens with zero attached hydrogens (tertiary/aromatic N) is 4. The van der Waals surface area contributed by atoms with Gasteiger partial charge in [0.15, 0.2) is 11.5 Å². The van der Waals surface area contributed by atoms with Gasteiger partial charge in [-0.25, -0.2) is 0 Å². The van der Waals surface area contributed by atoms with Gasteiger partial charge in [-0.2, -0.15) is 0 Å². The first-order chi connectivity index (χ1) is 11.8. The van der Waals surface area contributed by atoms with Crippen molar-refractivity contribution in [3.63, 3.8) is 0 Å². The average Bonchev–Trinajstić information content (AvgIpc) is 2.68. The van der Waals surface area contributed by atoms with Crippen LogP contribution in [0.5, 0.6) is 0 Å². The molecular formula is C19H22N4O. The van der Waals surface area contributed by atoms with Gasteiger partial charge in [-0.15, -0.1) is 10.2 Å². The van der Waals surface area contributed by atoms with Crippen molar-refractivity contribution in [2.75, 3.05) is 24.5 Å². The van der Waals surface area contributed by atoms with Gasteiger partial charge in [-0.05, 0) is 55.9 Å². The van der Waals surface area contributed by atoms with Crippen molar-refractivity contribution in [1.82, 2.24) is 15.1 Å². The van der Waals surface area contributed by atoms with E-state index in [2.05, 4.69) is 39.4 Å². The smallest absolute Gasteiger partial charge is 0.274 e. The molecule has 24 heavy (non-hydrogen) atoms. The molecule has 1 fully saturated rings. The molecule has 0 aliphatic carbocycles. The number of piperidine rings is 1. The van der Waals surface area contributed by atoms with E-state index in [1.54, 1.807) is 0 Å². The van der Waals surface area contributed by atoms with Crippen molar-refractivity contribution in [3.8, 4) is 0 Å². The summed E-state index contributed by atoms with van der Waals surface area (Å²) < 4.78 is 0. The second-order valence-electron chi connectivity index (χ2n) is 6.51. The number of rotatable bonds is 2. The summed E-state index contributed by atoms with van der Waals surface area (Å²) in [6.45, 7) is 2.61. The lowest BCUT2D eigenvalue weighted by molar-refractivity contribution is 0.0717. The van der Waals surface area contributed by atoms with Crippen molar-refractivity contribution in [2.24, 2.45) is 0 Å². The Morgan fingerprint density at radius 2 is 1.71 bits per heavy atom. The highest BCUT2D eigenvalue weighted by Crippen LogP contribution is 2.31. The van der Waals surface area contributed by atoms with E-state index >= 15 is 0 Å². The van der Waals surface area contributed by atoms with Crippen molar-refractivity contribution in [3.05, 3.63) is 47.7 Å². The van der Waals surface area contributed by atoms with Gasteiger partial charge in [0.25, 0.3) is 5.91 Å². The molecule has 0 atom stereocenters. The zero-order valence-electron chi connectivity index (χ0n) is 13.8. The second kappa shape index (κ2) is 6.59. The van der Waals surface area contributed by atoms with Gasteiger partial charge in [0.1, 0.15) is 0 Å². The van der Waals surface area contributed by atoms with Crippen LogP contribution in [0.2, 0.25) is 0 Å². The Hall–Kier alpha value is -2.43. The average molecular weight is 322 g/mol. The molecule has 5 heteroatoms. The van der Waals surface area contributed by atoms with Crippen LogP contribution < -0.4 is 4.90 Å². The van der Waals surface area contributed by atoms with Crippen LogP contribution in [-0.2, 0) is 6.42 Å². The first-order valence-electron chi connectivity index (χ1n) is 8.81. The Morgan fingerprint density at radius 1 is 0.875 bits per heavy atom. The molecule has 0 unspecified atom stereocenters. The van der Waals surface area contributed by atoms with Gasteiger partial charge in [-0.3, -0.25) is 4.79 Å². The minimum Gasteiger partial charge on any atom is -0.337 e. The Labute approximate surface area is 142 Å². The lowest BCUT2D eigenvalue weighted by Crippen LogP contribution is -2.36. The van der Waals surface area contributed by atoms with Gasteiger partial charge in [0.05, 0.1) is 0 Å². The molecule has 1 aromatic carbocycles. The highest BCUT2D eigenvalue weighted by Gasteiger charge is 2.22. The van der Waals surface area contributed by atoms with E-state index in [0.717, 1.165) is 51.1 Å². The van der Waals surface area contributed by atoms with Crippen LogP contribution in [0.1, 0.15) is 41.7 Å². The third-order valence-corrected chi connectivity index (χ3v) is 4.90. The third kappa shape index (κ3) is 2.86. The Balaban J connectivity index is 1.55. The Bertz CT molecular complexity index is 722. The van der Waals surface area contributed by atoms with Crippen LogP contribution in [0.15, 0.2) is 36.4 Å². The van der Waals surface area contributed by atoms with Gasteiger partial charge in [0.2, 0.25) is 0 Å². The molecule has 2 aliphatic rings. The molecule has 2 aromatic rings. The van der Waals surface area contributed by atoms with E-state index in [1.807, 2.05) is 17.0 Å². The van der Waals surface area contributed by atoms with E-state index in [0.29, 0.717) is 5.69 Å². The van der Waals surface area contributed by atoms with Crippen LogP contribution in [0, 0.1) is 0 Å². The van der Waals surface area contributed by atoms with Crippen molar-refractivity contribution < 1.29 is 4.79 Å². The number of anilines is 2. The zero-order valence-corrected chi connectivity index (χ0v) is 13.8. The molecule has 1 aromatic heterocycles. The Morgan fingerprint density at radius 3 is 2.50 bits per heavy atom. The van der Waals surface area contributed by atoms with Crippen LogP contribution in [-0.4, -0.2) is 40.6 Å². The molecular weight excluding hydrogens is 300 g/mol. The number of hydrogen-bond acceptors (Lipinski definition) is 4. The van der Waals surface area contributed by atoms with Crippen LogP contribution >= 0.6 is 0 Å². The number of para-hydroxylation sites is 1. The number of benzene rings is 1. The molecule has 5 nitrogen and oxygen atoms in total. The van der Waals surface area contributed by atoms with Gasteiger partial charge < -0.3 is 9.80 Å². The maximum atomic E-state index is 12.5. The topological polar surface area (TPSA) is 49.3 Å². The van der Waals surface area contributed by atoms with Crippen LogP contribution in [0.25, 0.3) is 0 Å². The number of hydrogen-bond donors (Lipinski definition) is 0. The summed E-state index contributed by atoms with van der Waals surface area (Å²) in [6, 6.07) is 12.2. The van der Waals surface area contributed by atoms with E-state index in [-0.39, 0.29) is 5.91 Å². The molecule has 0 bridgehead atoms. The zero-order chi connectivity index (χ0) is 16.4. The van der Waals surface area contributed by atoms with Gasteiger partial charge >= 0.3 is 0 Å². The Kier molecular flexibility index (Phi) is 4.15. The van der Waals surface area contributed by atoms with E-state index < -0.39 is 0 Å². The third-order valence-electron chi connectivity index (χ3n) is 4.90. The molecule has 4 rings (SSSR count). The number of carbonyl (C=O) groups is 1. The highest BCUT2D eigenvalue weighted by atomic mass is 16.2. The summed E-state index contributed by atoms with van der Waals surface area (Å²) in [5.74, 6) is 0.824. The number of carbonyl (C=O) groups excluding carboxylic acids is 1. The summed E-state index contributed by atoms with van der Waals surface area (Å²) in [6.07, 6.45) is 5.59. The normalized spacial score (nSPS) is 17.5. The number of aromatic nitrogens is 2. The number of fused-ring (bicyclic) bond motifs is 1. The van der Waals surface area contributed by atoms with Crippen molar-refractivity contribution >= 4 is 17.4 Å². The molecule has 3 heterocycles. The maximum Gasteiger partial charge on any atom is 0.274 e. The molecule has 124 valence electrons. The van der Waals surface area contributed by atoms with E-state index in [1.165, 1.54) is 17.7 Å². The van der Waals surface area contributed by atoms with Crippen LogP contribution in [0.4, 0.5) is 11.5 Å². The summed E-state index contributed by atoms with van der Waals surface area (Å²) in [5.41, 5.74) is 3.00. The summed E-state index contributed by atoms with van der Waals surface area (Å²) in [7, 11) is 0. The van der Waals surface area contributed by atoms with E-state index in [4.69, 9.17) is 0 Å². The maximum absolute atomic E-state index is 12.5. The summed E-state index contributed by atoms with van der Waals surface area (Å²) >= 11 is 0. The monoisotopic (exact) mass is 322 g/mol. The van der Waals surface area contributed by atoms with Gasteiger partial charge in [0, 0.05) is 25.3 Å². The molecule has 0 N–H and O–H groups in total. The molecule has 1 amide bonds. The fourth-order valence-corrected chi connectivity index (χ4v) is 3.61. The number of likely N-dealkylation sites (tertiary alicyclic amines) is 1. The summed E-state index contributed by atoms with van der Waals surface area (Å²) in [5, 5.41) is 8.56. The first-order valence-corrected chi connectivity index (χ1v) is 8.81. The second-order valence-corrected chi connectivity index (χ2v) is 6.51. The lowest BCUT2D eigenvalue weighted by Gasteiger charge is -2.30. The number of amides is 1. The van der Waals surface area contributed by atoms with Crippen LogP contribution in [0.3, 0.4) is 0 Å².